The van der Waals surface area contributed by atoms with E-state index in [1.807, 2.05) is 26.0 Å². The molecular weight excluding hydrogens is 397 g/mol. The Morgan fingerprint density at radius 2 is 1.69 bits per heavy atom. The van der Waals surface area contributed by atoms with Crippen LogP contribution in [0.25, 0.3) is 0 Å². The van der Waals surface area contributed by atoms with E-state index in [9.17, 15) is 5.11 Å². The molecule has 142 valence electrons. The monoisotopic (exact) mass is 417 g/mol. The molecule has 0 aliphatic heterocycles. The fourth-order valence-corrected chi connectivity index (χ4v) is 2.85. The first-order valence-corrected chi connectivity index (χ1v) is 9.18. The molecule has 0 amide bonds. The molecule has 0 aliphatic rings. The van der Waals surface area contributed by atoms with E-state index in [-0.39, 0.29) is 13.2 Å². The topological polar surface area (TPSA) is 50.7 Å². The van der Waals surface area contributed by atoms with E-state index in [0.717, 1.165) is 11.1 Å². The molecule has 0 radical (unpaired) electrons. The number of halogens is 3. The Kier molecular flexibility index (Phi) is 7.44. The van der Waals surface area contributed by atoms with Crippen LogP contribution < -0.4 is 14.8 Å². The molecule has 0 saturated carbocycles. The average Bonchev–Trinajstić information content (AvgIpc) is 2.60. The van der Waals surface area contributed by atoms with Crippen molar-refractivity contribution in [3.8, 4) is 11.5 Å². The number of hydrogen-bond donors (Lipinski definition) is 2. The predicted molar refractivity (Wildman–Crippen MR) is 107 cm³/mol. The standard InChI is InChI=1S/C19H22Cl3NO3/c1-19(2,11-24)23-9-13-6-17(25-3)18(8-16(13)22)26-10-12-4-5-14(20)7-15(12)21/h4-8,23-24H,9-11H2,1-3H3. The summed E-state index contributed by atoms with van der Waals surface area (Å²) < 4.78 is 11.3. The van der Waals surface area contributed by atoms with Gasteiger partial charge < -0.3 is 19.9 Å². The third-order valence-electron chi connectivity index (χ3n) is 3.88. The molecule has 0 atom stereocenters. The lowest BCUT2D eigenvalue weighted by Crippen LogP contribution is -2.42. The van der Waals surface area contributed by atoms with Gasteiger partial charge >= 0.3 is 0 Å². The quantitative estimate of drug-likeness (QED) is 0.626. The van der Waals surface area contributed by atoms with Gasteiger partial charge in [0.1, 0.15) is 6.61 Å². The highest BCUT2D eigenvalue weighted by molar-refractivity contribution is 6.35. The molecule has 0 fully saturated rings. The molecule has 0 aliphatic carbocycles. The van der Waals surface area contributed by atoms with Crippen molar-refractivity contribution in [2.75, 3.05) is 13.7 Å². The van der Waals surface area contributed by atoms with Crippen molar-refractivity contribution in [3.05, 3.63) is 56.5 Å². The minimum atomic E-state index is -0.406. The van der Waals surface area contributed by atoms with E-state index in [2.05, 4.69) is 5.32 Å². The first kappa shape index (κ1) is 21.1. The molecule has 2 aromatic carbocycles. The van der Waals surface area contributed by atoms with Gasteiger partial charge in [0.05, 0.1) is 13.7 Å². The minimum Gasteiger partial charge on any atom is -0.493 e. The maximum Gasteiger partial charge on any atom is 0.163 e. The van der Waals surface area contributed by atoms with Crippen LogP contribution in [0.5, 0.6) is 11.5 Å². The molecule has 0 bridgehead atoms. The van der Waals surface area contributed by atoms with Crippen molar-refractivity contribution < 1.29 is 14.6 Å². The zero-order chi connectivity index (χ0) is 19.3. The number of hydrogen-bond acceptors (Lipinski definition) is 4. The number of aliphatic hydroxyl groups excluding tert-OH is 1. The molecule has 0 saturated heterocycles. The molecule has 7 heteroatoms. The van der Waals surface area contributed by atoms with Crippen LogP contribution in [0.4, 0.5) is 0 Å². The van der Waals surface area contributed by atoms with Crippen LogP contribution in [-0.2, 0) is 13.2 Å². The first-order valence-electron chi connectivity index (χ1n) is 8.05. The number of ether oxygens (including phenoxy) is 2. The predicted octanol–water partition coefficient (Wildman–Crippen LogP) is 5.09. The lowest BCUT2D eigenvalue weighted by atomic mass is 10.1. The second kappa shape index (κ2) is 9.16. The third kappa shape index (κ3) is 5.66. The normalized spacial score (nSPS) is 11.5. The highest BCUT2D eigenvalue weighted by atomic mass is 35.5. The Labute approximate surface area is 169 Å². The molecule has 0 unspecified atom stereocenters. The Hall–Kier alpha value is -1.17. The number of aliphatic hydroxyl groups is 1. The summed E-state index contributed by atoms with van der Waals surface area (Å²) in [7, 11) is 1.57. The second-order valence-electron chi connectivity index (χ2n) is 6.51. The van der Waals surface area contributed by atoms with Gasteiger partial charge in [-0.1, -0.05) is 40.9 Å². The maximum absolute atomic E-state index is 9.34. The molecular formula is C19H22Cl3NO3. The second-order valence-corrected chi connectivity index (χ2v) is 7.77. The van der Waals surface area contributed by atoms with Crippen LogP contribution in [0.2, 0.25) is 15.1 Å². The fraction of sp³-hybridized carbons (Fsp3) is 0.368. The molecule has 0 aromatic heterocycles. The smallest absolute Gasteiger partial charge is 0.163 e. The average molecular weight is 419 g/mol. The summed E-state index contributed by atoms with van der Waals surface area (Å²) in [4.78, 5) is 0. The fourth-order valence-electron chi connectivity index (χ4n) is 2.17. The Balaban J connectivity index is 2.15. The van der Waals surface area contributed by atoms with Crippen molar-refractivity contribution >= 4 is 34.8 Å². The number of rotatable bonds is 8. The van der Waals surface area contributed by atoms with Gasteiger partial charge in [0, 0.05) is 38.8 Å². The molecule has 2 aromatic rings. The van der Waals surface area contributed by atoms with Crippen molar-refractivity contribution in [3.63, 3.8) is 0 Å². The summed E-state index contributed by atoms with van der Waals surface area (Å²) in [5.74, 6) is 1.09. The zero-order valence-electron chi connectivity index (χ0n) is 14.9. The summed E-state index contributed by atoms with van der Waals surface area (Å²) >= 11 is 18.5. The van der Waals surface area contributed by atoms with E-state index < -0.39 is 5.54 Å². The Morgan fingerprint density at radius 1 is 1.00 bits per heavy atom. The van der Waals surface area contributed by atoms with Crippen molar-refractivity contribution in [1.29, 1.82) is 0 Å². The number of methoxy groups -OCH3 is 1. The van der Waals surface area contributed by atoms with E-state index in [1.165, 1.54) is 0 Å². The summed E-state index contributed by atoms with van der Waals surface area (Å²) in [6.07, 6.45) is 0. The summed E-state index contributed by atoms with van der Waals surface area (Å²) in [5, 5.41) is 14.2. The summed E-state index contributed by atoms with van der Waals surface area (Å²) in [6, 6.07) is 8.78. The van der Waals surface area contributed by atoms with Crippen LogP contribution in [-0.4, -0.2) is 24.4 Å². The Morgan fingerprint density at radius 3 is 2.31 bits per heavy atom. The van der Waals surface area contributed by atoms with Gasteiger partial charge in [-0.05, 0) is 37.6 Å². The van der Waals surface area contributed by atoms with Crippen LogP contribution in [0.15, 0.2) is 30.3 Å². The highest BCUT2D eigenvalue weighted by Gasteiger charge is 2.17. The summed E-state index contributed by atoms with van der Waals surface area (Å²) in [5.41, 5.74) is 1.25. The molecule has 2 rings (SSSR count). The number of benzene rings is 2. The van der Waals surface area contributed by atoms with Crippen LogP contribution in [0.3, 0.4) is 0 Å². The Bertz CT molecular complexity index is 766. The minimum absolute atomic E-state index is 0.0187. The van der Waals surface area contributed by atoms with Crippen LogP contribution in [0, 0.1) is 0 Å². The van der Waals surface area contributed by atoms with E-state index in [0.29, 0.717) is 33.1 Å². The van der Waals surface area contributed by atoms with Crippen molar-refractivity contribution in [2.45, 2.75) is 32.5 Å². The van der Waals surface area contributed by atoms with E-state index in [1.54, 1.807) is 25.3 Å². The lowest BCUT2D eigenvalue weighted by molar-refractivity contribution is 0.187. The lowest BCUT2D eigenvalue weighted by Gasteiger charge is -2.24. The van der Waals surface area contributed by atoms with Crippen molar-refractivity contribution in [2.24, 2.45) is 0 Å². The number of nitrogens with one attached hydrogen (secondary N) is 1. The van der Waals surface area contributed by atoms with Gasteiger partial charge in [-0.3, -0.25) is 0 Å². The molecule has 4 nitrogen and oxygen atoms in total. The van der Waals surface area contributed by atoms with Gasteiger partial charge in [0.2, 0.25) is 0 Å². The van der Waals surface area contributed by atoms with Gasteiger partial charge in [0.25, 0.3) is 0 Å². The van der Waals surface area contributed by atoms with Crippen LogP contribution in [0.1, 0.15) is 25.0 Å². The largest absolute Gasteiger partial charge is 0.493 e. The third-order valence-corrected chi connectivity index (χ3v) is 4.82. The van der Waals surface area contributed by atoms with Gasteiger partial charge in [0.15, 0.2) is 11.5 Å². The molecule has 0 heterocycles. The zero-order valence-corrected chi connectivity index (χ0v) is 17.2. The maximum atomic E-state index is 9.34. The SMILES string of the molecule is COc1cc(CNC(C)(C)CO)c(Cl)cc1OCc1ccc(Cl)cc1Cl. The van der Waals surface area contributed by atoms with Gasteiger partial charge in [-0.25, -0.2) is 0 Å². The van der Waals surface area contributed by atoms with E-state index in [4.69, 9.17) is 44.3 Å². The highest BCUT2D eigenvalue weighted by Crippen LogP contribution is 2.34. The van der Waals surface area contributed by atoms with Crippen LogP contribution >= 0.6 is 34.8 Å². The molecule has 0 spiro atoms. The van der Waals surface area contributed by atoms with Gasteiger partial charge in [-0.2, -0.15) is 0 Å². The molecule has 26 heavy (non-hydrogen) atoms. The summed E-state index contributed by atoms with van der Waals surface area (Å²) in [6.45, 7) is 4.59. The van der Waals surface area contributed by atoms with E-state index >= 15 is 0 Å². The first-order chi connectivity index (χ1) is 12.3. The van der Waals surface area contributed by atoms with Crippen molar-refractivity contribution in [1.82, 2.24) is 5.32 Å². The molecule has 2 N–H and O–H groups in total. The van der Waals surface area contributed by atoms with Gasteiger partial charge in [-0.15, -0.1) is 0 Å².